The fraction of sp³-hybridized carbons (Fsp3) is 0.571. The Balaban J connectivity index is 1.42. The number of amides is 2. The molecule has 2 aliphatic rings. The fourth-order valence-electron chi connectivity index (χ4n) is 3.91. The zero-order valence-corrected chi connectivity index (χ0v) is 16.4. The lowest BCUT2D eigenvalue weighted by Crippen LogP contribution is -2.45. The largest absolute Gasteiger partial charge is 0.343 e. The van der Waals surface area contributed by atoms with Gasteiger partial charge in [0.25, 0.3) is 0 Å². The molecule has 0 atom stereocenters. The average Bonchev–Trinajstić information content (AvgIpc) is 2.72. The maximum atomic E-state index is 12.6. The molecule has 2 amide bonds. The van der Waals surface area contributed by atoms with Crippen molar-refractivity contribution in [2.75, 3.05) is 26.2 Å². The lowest BCUT2D eigenvalue weighted by Gasteiger charge is -2.35. The highest BCUT2D eigenvalue weighted by molar-refractivity contribution is 6.30. The Morgan fingerprint density at radius 1 is 0.852 bits per heavy atom. The van der Waals surface area contributed by atoms with Crippen LogP contribution in [0.5, 0.6) is 0 Å². The number of ketones is 1. The third kappa shape index (κ3) is 5.32. The van der Waals surface area contributed by atoms with E-state index in [1.54, 1.807) is 29.2 Å². The molecule has 0 bridgehead atoms. The molecule has 146 valence electrons. The Morgan fingerprint density at radius 2 is 1.48 bits per heavy atom. The number of piperidine rings is 2. The number of benzene rings is 1. The van der Waals surface area contributed by atoms with Crippen LogP contribution in [0, 0.1) is 5.92 Å². The number of nitrogens with zero attached hydrogens (tertiary/aromatic N) is 2. The van der Waals surface area contributed by atoms with Crippen molar-refractivity contribution in [2.45, 2.75) is 44.9 Å². The van der Waals surface area contributed by atoms with Crippen LogP contribution in [-0.2, 0) is 9.59 Å². The van der Waals surface area contributed by atoms with Crippen LogP contribution in [0.2, 0.25) is 5.02 Å². The summed E-state index contributed by atoms with van der Waals surface area (Å²) in [6, 6.07) is 6.74. The molecule has 0 N–H and O–H groups in total. The van der Waals surface area contributed by atoms with E-state index >= 15 is 0 Å². The van der Waals surface area contributed by atoms with Crippen LogP contribution in [0.1, 0.15) is 55.3 Å². The summed E-state index contributed by atoms with van der Waals surface area (Å²) in [4.78, 5) is 41.0. The second kappa shape index (κ2) is 9.36. The van der Waals surface area contributed by atoms with E-state index in [9.17, 15) is 14.4 Å². The van der Waals surface area contributed by atoms with Crippen LogP contribution in [0.3, 0.4) is 0 Å². The Labute approximate surface area is 165 Å². The molecule has 2 saturated heterocycles. The van der Waals surface area contributed by atoms with Gasteiger partial charge in [0.2, 0.25) is 11.8 Å². The van der Waals surface area contributed by atoms with E-state index < -0.39 is 0 Å². The van der Waals surface area contributed by atoms with Gasteiger partial charge in [-0.25, -0.2) is 0 Å². The molecule has 27 heavy (non-hydrogen) atoms. The molecule has 0 aromatic heterocycles. The number of halogens is 1. The monoisotopic (exact) mass is 390 g/mol. The summed E-state index contributed by atoms with van der Waals surface area (Å²) >= 11 is 5.83. The predicted molar refractivity (Wildman–Crippen MR) is 105 cm³/mol. The summed E-state index contributed by atoms with van der Waals surface area (Å²) in [5.74, 6) is 0.263. The molecular formula is C21H27ClN2O3. The van der Waals surface area contributed by atoms with Gasteiger partial charge in [-0.1, -0.05) is 11.6 Å². The number of carbonyl (C=O) groups is 3. The van der Waals surface area contributed by atoms with Gasteiger partial charge in [0.1, 0.15) is 0 Å². The van der Waals surface area contributed by atoms with Gasteiger partial charge in [-0.15, -0.1) is 0 Å². The highest BCUT2D eigenvalue weighted by atomic mass is 35.5. The molecular weight excluding hydrogens is 364 g/mol. The van der Waals surface area contributed by atoms with Crippen molar-refractivity contribution < 1.29 is 14.4 Å². The first kappa shape index (κ1) is 19.9. The van der Waals surface area contributed by atoms with Crippen LogP contribution in [0.4, 0.5) is 0 Å². The second-order valence-corrected chi connectivity index (χ2v) is 7.91. The van der Waals surface area contributed by atoms with Gasteiger partial charge in [-0.2, -0.15) is 0 Å². The van der Waals surface area contributed by atoms with E-state index in [0.29, 0.717) is 23.7 Å². The van der Waals surface area contributed by atoms with Crippen molar-refractivity contribution in [3.05, 3.63) is 34.9 Å². The fourth-order valence-corrected chi connectivity index (χ4v) is 4.03. The number of likely N-dealkylation sites (tertiary alicyclic amines) is 2. The summed E-state index contributed by atoms with van der Waals surface area (Å²) < 4.78 is 0. The molecule has 2 aliphatic heterocycles. The van der Waals surface area contributed by atoms with E-state index in [1.165, 1.54) is 6.42 Å². The minimum Gasteiger partial charge on any atom is -0.343 e. The summed E-state index contributed by atoms with van der Waals surface area (Å²) in [7, 11) is 0. The molecule has 1 aromatic carbocycles. The maximum absolute atomic E-state index is 12.6. The normalized spacial score (nSPS) is 18.4. The summed E-state index contributed by atoms with van der Waals surface area (Å²) in [6.45, 7) is 2.98. The molecule has 0 unspecified atom stereocenters. The topological polar surface area (TPSA) is 57.7 Å². The van der Waals surface area contributed by atoms with Gasteiger partial charge in [0.05, 0.1) is 0 Å². The lowest BCUT2D eigenvalue weighted by atomic mass is 9.94. The third-order valence-electron chi connectivity index (χ3n) is 5.60. The summed E-state index contributed by atoms with van der Waals surface area (Å²) in [5.41, 5.74) is 0.582. The molecule has 1 aromatic rings. The number of Topliss-reactive ketones (excluding diaryl/α,β-unsaturated/α-hetero) is 1. The van der Waals surface area contributed by atoms with Crippen molar-refractivity contribution in [3.8, 4) is 0 Å². The van der Waals surface area contributed by atoms with Crippen molar-refractivity contribution in [2.24, 2.45) is 5.92 Å². The molecule has 0 saturated carbocycles. The zero-order chi connectivity index (χ0) is 19.2. The van der Waals surface area contributed by atoms with Gasteiger partial charge >= 0.3 is 0 Å². The van der Waals surface area contributed by atoms with Crippen LogP contribution in [-0.4, -0.2) is 53.6 Å². The quantitative estimate of drug-likeness (QED) is 0.722. The highest BCUT2D eigenvalue weighted by Gasteiger charge is 2.30. The molecule has 2 fully saturated rings. The predicted octanol–water partition coefficient (Wildman–Crippen LogP) is 3.55. The summed E-state index contributed by atoms with van der Waals surface area (Å²) in [5, 5.41) is 0.588. The van der Waals surface area contributed by atoms with E-state index in [0.717, 1.165) is 38.8 Å². The number of hydrogen-bond acceptors (Lipinski definition) is 3. The molecule has 0 aliphatic carbocycles. The Kier molecular flexibility index (Phi) is 6.89. The Hall–Kier alpha value is -1.88. The van der Waals surface area contributed by atoms with Crippen LogP contribution in [0.25, 0.3) is 0 Å². The van der Waals surface area contributed by atoms with Crippen molar-refractivity contribution in [1.82, 2.24) is 9.80 Å². The Bertz CT molecular complexity index is 675. The van der Waals surface area contributed by atoms with E-state index in [-0.39, 0.29) is 36.4 Å². The summed E-state index contributed by atoms with van der Waals surface area (Å²) in [6.07, 6.45) is 5.29. The average molecular weight is 391 g/mol. The van der Waals surface area contributed by atoms with E-state index in [2.05, 4.69) is 0 Å². The number of rotatable bonds is 5. The SMILES string of the molecule is O=C(CCC(=O)N1CCC(C(=O)N2CCCCC2)CC1)c1ccc(Cl)cc1. The third-order valence-corrected chi connectivity index (χ3v) is 5.85. The lowest BCUT2D eigenvalue weighted by molar-refractivity contribution is -0.141. The van der Waals surface area contributed by atoms with Gasteiger partial charge in [0.15, 0.2) is 5.78 Å². The van der Waals surface area contributed by atoms with Crippen molar-refractivity contribution in [1.29, 1.82) is 0 Å². The van der Waals surface area contributed by atoms with Gasteiger partial charge in [-0.05, 0) is 56.4 Å². The van der Waals surface area contributed by atoms with Gasteiger partial charge in [0, 0.05) is 55.5 Å². The minimum absolute atomic E-state index is 0.00110. The Morgan fingerprint density at radius 3 is 2.11 bits per heavy atom. The maximum Gasteiger partial charge on any atom is 0.225 e. The first-order chi connectivity index (χ1) is 13.0. The molecule has 6 heteroatoms. The van der Waals surface area contributed by atoms with Crippen molar-refractivity contribution in [3.63, 3.8) is 0 Å². The first-order valence-corrected chi connectivity index (χ1v) is 10.3. The molecule has 2 heterocycles. The van der Waals surface area contributed by atoms with Crippen LogP contribution in [0.15, 0.2) is 24.3 Å². The van der Waals surface area contributed by atoms with E-state index in [1.807, 2.05) is 4.90 Å². The molecule has 5 nitrogen and oxygen atoms in total. The number of hydrogen-bond donors (Lipinski definition) is 0. The second-order valence-electron chi connectivity index (χ2n) is 7.47. The van der Waals surface area contributed by atoms with E-state index in [4.69, 9.17) is 11.6 Å². The van der Waals surface area contributed by atoms with Gasteiger partial charge < -0.3 is 9.80 Å². The number of carbonyl (C=O) groups excluding carboxylic acids is 3. The van der Waals surface area contributed by atoms with Crippen molar-refractivity contribution >= 4 is 29.2 Å². The van der Waals surface area contributed by atoms with Crippen LogP contribution < -0.4 is 0 Å². The first-order valence-electron chi connectivity index (χ1n) is 9.90. The molecule has 0 radical (unpaired) electrons. The zero-order valence-electron chi connectivity index (χ0n) is 15.7. The minimum atomic E-state index is -0.0461. The van der Waals surface area contributed by atoms with Crippen LogP contribution >= 0.6 is 11.6 Å². The standard InChI is InChI=1S/C21H27ClN2O3/c22-18-6-4-16(5-7-18)19(25)8-9-20(26)23-14-10-17(11-15-23)21(27)24-12-2-1-3-13-24/h4-7,17H,1-3,8-15H2. The van der Waals surface area contributed by atoms with Gasteiger partial charge in [-0.3, -0.25) is 14.4 Å². The smallest absolute Gasteiger partial charge is 0.225 e. The molecule has 3 rings (SSSR count). The highest BCUT2D eigenvalue weighted by Crippen LogP contribution is 2.22. The molecule has 0 spiro atoms.